The number of phenolic OH excluding ortho intramolecular Hbond substituents is 2. The summed E-state index contributed by atoms with van der Waals surface area (Å²) in [7, 11) is 0. The minimum atomic E-state index is -0.290. The van der Waals surface area contributed by atoms with E-state index < -0.39 is 0 Å². The normalized spacial score (nSPS) is 16.5. The summed E-state index contributed by atoms with van der Waals surface area (Å²) < 4.78 is 0. The summed E-state index contributed by atoms with van der Waals surface area (Å²) >= 11 is 3.52. The monoisotopic (exact) mass is 299 g/mol. The number of carbonyl (C=O) groups is 1. The van der Waals surface area contributed by atoms with Crippen molar-refractivity contribution in [3.8, 4) is 11.5 Å². The van der Waals surface area contributed by atoms with Crippen molar-refractivity contribution < 1.29 is 15.0 Å². The quantitative estimate of drug-likeness (QED) is 0.745. The molecular weight excluding hydrogens is 286 g/mol. The van der Waals surface area contributed by atoms with Crippen LogP contribution in [0.4, 0.5) is 0 Å². The van der Waals surface area contributed by atoms with Crippen LogP contribution >= 0.6 is 15.9 Å². The van der Waals surface area contributed by atoms with Gasteiger partial charge in [0, 0.05) is 23.0 Å². The molecule has 1 aliphatic carbocycles. The molecule has 17 heavy (non-hydrogen) atoms. The van der Waals surface area contributed by atoms with Crippen LogP contribution < -0.4 is 5.32 Å². The number of halogens is 1. The number of carbonyl (C=O) groups excluding carboxylic acids is 1. The molecule has 4 nitrogen and oxygen atoms in total. The van der Waals surface area contributed by atoms with E-state index in [1.807, 2.05) is 0 Å². The van der Waals surface area contributed by atoms with Crippen molar-refractivity contribution in [1.29, 1.82) is 0 Å². The van der Waals surface area contributed by atoms with Gasteiger partial charge in [0.1, 0.15) is 11.5 Å². The summed E-state index contributed by atoms with van der Waals surface area (Å²) in [6, 6.07) is 3.85. The first kappa shape index (κ1) is 12.2. The number of rotatable bonds is 4. The van der Waals surface area contributed by atoms with E-state index in [1.54, 1.807) is 0 Å². The zero-order valence-electron chi connectivity index (χ0n) is 9.19. The molecule has 1 aromatic carbocycles. The molecule has 1 saturated carbocycles. The number of phenols is 2. The second-order valence-electron chi connectivity index (χ2n) is 4.30. The summed E-state index contributed by atoms with van der Waals surface area (Å²) in [5.74, 6) is 0.134. The van der Waals surface area contributed by atoms with Crippen molar-refractivity contribution in [1.82, 2.24) is 5.32 Å². The zero-order valence-corrected chi connectivity index (χ0v) is 10.8. The van der Waals surface area contributed by atoms with Crippen molar-refractivity contribution in [2.75, 3.05) is 6.54 Å². The van der Waals surface area contributed by atoms with E-state index in [0.29, 0.717) is 17.3 Å². The predicted octanol–water partition coefficient (Wildman–Crippen LogP) is 2.00. The van der Waals surface area contributed by atoms with Gasteiger partial charge in [-0.1, -0.05) is 15.9 Å². The first-order chi connectivity index (χ1) is 8.06. The Morgan fingerprint density at radius 2 is 1.94 bits per heavy atom. The lowest BCUT2D eigenvalue weighted by atomic mass is 10.2. The molecule has 1 fully saturated rings. The summed E-state index contributed by atoms with van der Waals surface area (Å²) in [6.45, 7) is 0.555. The molecule has 2 rings (SSSR count). The van der Waals surface area contributed by atoms with Crippen LogP contribution in [0.3, 0.4) is 0 Å². The summed E-state index contributed by atoms with van der Waals surface area (Å²) in [6.07, 6.45) is 2.41. The lowest BCUT2D eigenvalue weighted by Crippen LogP contribution is -2.30. The summed E-state index contributed by atoms with van der Waals surface area (Å²) in [5.41, 5.74) is 0.262. The molecule has 0 aliphatic heterocycles. The highest BCUT2D eigenvalue weighted by Crippen LogP contribution is 2.36. The van der Waals surface area contributed by atoms with Crippen molar-refractivity contribution >= 4 is 21.8 Å². The second kappa shape index (κ2) is 4.96. The third-order valence-corrected chi connectivity index (χ3v) is 3.83. The molecule has 1 amide bonds. The Kier molecular flexibility index (Phi) is 3.57. The molecule has 0 saturated heterocycles. The minimum Gasteiger partial charge on any atom is -0.508 e. The van der Waals surface area contributed by atoms with Crippen LogP contribution in [0, 0.1) is 5.92 Å². The van der Waals surface area contributed by atoms with E-state index in [0.717, 1.165) is 0 Å². The molecule has 3 N–H and O–H groups in total. The fraction of sp³-hybridized carbons (Fsp3) is 0.417. The smallest absolute Gasteiger partial charge is 0.251 e. The average Bonchev–Trinajstić information content (AvgIpc) is 3.07. The van der Waals surface area contributed by atoms with Crippen molar-refractivity contribution in [3.05, 3.63) is 23.8 Å². The van der Waals surface area contributed by atoms with Gasteiger partial charge in [0.2, 0.25) is 0 Å². The maximum absolute atomic E-state index is 11.7. The number of benzene rings is 1. The Morgan fingerprint density at radius 1 is 1.35 bits per heavy atom. The molecule has 0 spiro atoms. The number of aromatic hydroxyl groups is 2. The third kappa shape index (κ3) is 3.36. The molecule has 92 valence electrons. The molecule has 0 aromatic heterocycles. The van der Waals surface area contributed by atoms with Crippen molar-refractivity contribution in [2.24, 2.45) is 5.92 Å². The number of hydrogen-bond acceptors (Lipinski definition) is 3. The van der Waals surface area contributed by atoms with Gasteiger partial charge in [-0.05, 0) is 30.9 Å². The van der Waals surface area contributed by atoms with Gasteiger partial charge in [-0.15, -0.1) is 0 Å². The molecule has 0 heterocycles. The molecule has 0 bridgehead atoms. The van der Waals surface area contributed by atoms with E-state index in [9.17, 15) is 15.0 Å². The molecular formula is C12H14BrNO3. The van der Waals surface area contributed by atoms with Gasteiger partial charge in [0.15, 0.2) is 0 Å². The largest absolute Gasteiger partial charge is 0.508 e. The molecule has 5 heteroatoms. The van der Waals surface area contributed by atoms with Crippen molar-refractivity contribution in [2.45, 2.75) is 17.7 Å². The Bertz CT molecular complexity index is 412. The zero-order chi connectivity index (χ0) is 12.4. The van der Waals surface area contributed by atoms with Gasteiger partial charge in [-0.25, -0.2) is 0 Å². The van der Waals surface area contributed by atoms with Gasteiger partial charge in [0.25, 0.3) is 5.91 Å². The van der Waals surface area contributed by atoms with Gasteiger partial charge in [-0.3, -0.25) is 4.79 Å². The summed E-state index contributed by atoms with van der Waals surface area (Å²) in [4.78, 5) is 12.0. The van der Waals surface area contributed by atoms with Gasteiger partial charge in [-0.2, -0.15) is 0 Å². The molecule has 1 unspecified atom stereocenters. The highest BCUT2D eigenvalue weighted by atomic mass is 79.9. The number of amides is 1. The van der Waals surface area contributed by atoms with Crippen LogP contribution in [-0.4, -0.2) is 27.5 Å². The lowest BCUT2D eigenvalue weighted by Gasteiger charge is -2.10. The maximum atomic E-state index is 11.7. The molecule has 1 aliphatic rings. The third-order valence-electron chi connectivity index (χ3n) is 2.76. The van der Waals surface area contributed by atoms with Gasteiger partial charge < -0.3 is 15.5 Å². The molecule has 1 aromatic rings. The van der Waals surface area contributed by atoms with Crippen LogP contribution in [-0.2, 0) is 0 Å². The van der Waals surface area contributed by atoms with E-state index in [2.05, 4.69) is 21.2 Å². The first-order valence-corrected chi connectivity index (χ1v) is 6.43. The van der Waals surface area contributed by atoms with Gasteiger partial charge >= 0.3 is 0 Å². The predicted molar refractivity (Wildman–Crippen MR) is 67.5 cm³/mol. The number of hydrogen-bond donors (Lipinski definition) is 3. The van der Waals surface area contributed by atoms with E-state index in [-0.39, 0.29) is 23.0 Å². The fourth-order valence-electron chi connectivity index (χ4n) is 1.64. The van der Waals surface area contributed by atoms with Crippen LogP contribution in [0.25, 0.3) is 0 Å². The van der Waals surface area contributed by atoms with E-state index in [4.69, 9.17) is 0 Å². The van der Waals surface area contributed by atoms with E-state index >= 15 is 0 Å². The second-order valence-corrected chi connectivity index (χ2v) is 5.48. The van der Waals surface area contributed by atoms with Crippen LogP contribution in [0.15, 0.2) is 18.2 Å². The Morgan fingerprint density at radius 3 is 2.47 bits per heavy atom. The Labute approximate surface area is 108 Å². The topological polar surface area (TPSA) is 69.6 Å². The standard InChI is InChI=1S/C12H14BrNO3/c13-11(7-1-2-7)6-14-12(17)8-3-9(15)5-10(16)4-8/h3-5,7,11,15-16H,1-2,6H2,(H,14,17). The van der Waals surface area contributed by atoms with E-state index in [1.165, 1.54) is 31.0 Å². The van der Waals surface area contributed by atoms with Crippen LogP contribution in [0.1, 0.15) is 23.2 Å². The first-order valence-electron chi connectivity index (χ1n) is 5.51. The van der Waals surface area contributed by atoms with Crippen LogP contribution in [0.2, 0.25) is 0 Å². The van der Waals surface area contributed by atoms with Crippen LogP contribution in [0.5, 0.6) is 11.5 Å². The maximum Gasteiger partial charge on any atom is 0.251 e. The molecule has 0 radical (unpaired) electrons. The van der Waals surface area contributed by atoms with Crippen molar-refractivity contribution in [3.63, 3.8) is 0 Å². The minimum absolute atomic E-state index is 0.118. The Balaban J connectivity index is 1.94. The Hall–Kier alpha value is -1.23. The summed E-state index contributed by atoms with van der Waals surface area (Å²) in [5, 5.41) is 21.3. The number of alkyl halides is 1. The highest BCUT2D eigenvalue weighted by Gasteiger charge is 2.29. The van der Waals surface area contributed by atoms with Gasteiger partial charge in [0.05, 0.1) is 0 Å². The SMILES string of the molecule is O=C(NCC(Br)C1CC1)c1cc(O)cc(O)c1. The highest BCUT2D eigenvalue weighted by molar-refractivity contribution is 9.09. The fourth-order valence-corrected chi connectivity index (χ4v) is 2.33. The molecule has 1 atom stereocenters. The lowest BCUT2D eigenvalue weighted by molar-refractivity contribution is 0.0952. The number of nitrogens with one attached hydrogen (secondary N) is 1. The average molecular weight is 300 g/mol.